The van der Waals surface area contributed by atoms with Gasteiger partial charge < -0.3 is 9.74 Å². The molecule has 1 unspecified atom stereocenters. The van der Waals surface area contributed by atoms with Gasteiger partial charge in [0.05, 0.1) is 5.71 Å². The van der Waals surface area contributed by atoms with E-state index in [4.69, 9.17) is 16.4 Å². The van der Waals surface area contributed by atoms with Crippen molar-refractivity contribution in [2.45, 2.75) is 25.2 Å². The lowest BCUT2D eigenvalue weighted by Gasteiger charge is -2.32. The normalized spacial score (nSPS) is 19.0. The molecule has 0 aliphatic carbocycles. The molecule has 1 aromatic carbocycles. The summed E-state index contributed by atoms with van der Waals surface area (Å²) in [7, 11) is 1.59. The van der Waals surface area contributed by atoms with Crippen LogP contribution in [-0.4, -0.2) is 42.3 Å². The lowest BCUT2D eigenvalue weighted by molar-refractivity contribution is 0.203. The van der Waals surface area contributed by atoms with Gasteiger partial charge in [0.15, 0.2) is 0 Å². The highest BCUT2D eigenvalue weighted by atomic mass is 35.5. The van der Waals surface area contributed by atoms with Crippen molar-refractivity contribution in [1.29, 1.82) is 0 Å². The van der Waals surface area contributed by atoms with E-state index in [1.54, 1.807) is 7.11 Å². The van der Waals surface area contributed by atoms with E-state index in [0.717, 1.165) is 42.4 Å². The van der Waals surface area contributed by atoms with Gasteiger partial charge in [-0.05, 0) is 49.2 Å². The quantitative estimate of drug-likeness (QED) is 0.569. The Labute approximate surface area is 154 Å². The number of nitrogens with zero attached hydrogens (tertiary/aromatic N) is 3. The van der Waals surface area contributed by atoms with E-state index in [1.165, 1.54) is 18.5 Å². The fourth-order valence-electron chi connectivity index (χ4n) is 3.38. The molecular weight excluding hydrogens is 334 g/mol. The van der Waals surface area contributed by atoms with E-state index in [9.17, 15) is 0 Å². The third-order valence-electron chi connectivity index (χ3n) is 4.66. The molecular formula is C20H24ClN3O. The highest BCUT2D eigenvalue weighted by Crippen LogP contribution is 2.25. The standard InChI is InChI=1S/C20H24ClN3O/c1-25-23-20(16-7-9-18(21)10-8-16)11-14-24-13-4-5-17(15-24)19-6-2-3-12-22-19/h2-3,6-10,12,17H,4-5,11,13-15H2,1H3. The third-order valence-corrected chi connectivity index (χ3v) is 4.91. The number of hydrogen-bond donors (Lipinski definition) is 0. The predicted molar refractivity (Wildman–Crippen MR) is 102 cm³/mol. The number of likely N-dealkylation sites (tertiary alicyclic amines) is 1. The number of rotatable bonds is 6. The first-order valence-corrected chi connectivity index (χ1v) is 9.13. The van der Waals surface area contributed by atoms with Crippen LogP contribution in [0.4, 0.5) is 0 Å². The molecule has 5 heteroatoms. The van der Waals surface area contributed by atoms with Gasteiger partial charge in [-0.3, -0.25) is 4.98 Å². The van der Waals surface area contributed by atoms with Gasteiger partial charge in [0, 0.05) is 42.3 Å². The number of oxime groups is 1. The number of piperidine rings is 1. The molecule has 1 saturated heterocycles. The van der Waals surface area contributed by atoms with Crippen LogP contribution in [0, 0.1) is 0 Å². The van der Waals surface area contributed by atoms with Crippen LogP contribution < -0.4 is 0 Å². The maximum atomic E-state index is 5.98. The Kier molecular flexibility index (Phi) is 6.42. The summed E-state index contributed by atoms with van der Waals surface area (Å²) in [5.41, 5.74) is 3.22. The summed E-state index contributed by atoms with van der Waals surface area (Å²) in [6.07, 6.45) is 5.16. The van der Waals surface area contributed by atoms with Crippen LogP contribution in [0.3, 0.4) is 0 Å². The van der Waals surface area contributed by atoms with Gasteiger partial charge >= 0.3 is 0 Å². The van der Waals surface area contributed by atoms with Crippen LogP contribution in [0.2, 0.25) is 5.02 Å². The Morgan fingerprint density at radius 2 is 2.12 bits per heavy atom. The fraction of sp³-hybridized carbons (Fsp3) is 0.400. The van der Waals surface area contributed by atoms with Gasteiger partial charge in [0.25, 0.3) is 0 Å². The van der Waals surface area contributed by atoms with Crippen molar-refractivity contribution in [3.8, 4) is 0 Å². The van der Waals surface area contributed by atoms with Crippen molar-refractivity contribution >= 4 is 17.3 Å². The second-order valence-electron chi connectivity index (χ2n) is 6.37. The highest BCUT2D eigenvalue weighted by Gasteiger charge is 2.22. The topological polar surface area (TPSA) is 37.7 Å². The third kappa shape index (κ3) is 5.03. The Hall–Kier alpha value is -1.91. The molecule has 0 amide bonds. The molecule has 4 nitrogen and oxygen atoms in total. The van der Waals surface area contributed by atoms with Gasteiger partial charge in [-0.25, -0.2) is 0 Å². The molecule has 1 atom stereocenters. The predicted octanol–water partition coefficient (Wildman–Crippen LogP) is 4.36. The monoisotopic (exact) mass is 357 g/mol. The van der Waals surface area contributed by atoms with Crippen LogP contribution in [0.25, 0.3) is 0 Å². The number of pyridine rings is 1. The summed E-state index contributed by atoms with van der Waals surface area (Å²) in [6.45, 7) is 3.15. The van der Waals surface area contributed by atoms with E-state index in [2.05, 4.69) is 27.2 Å². The molecule has 2 aromatic rings. The molecule has 0 bridgehead atoms. The molecule has 0 spiro atoms. The van der Waals surface area contributed by atoms with E-state index < -0.39 is 0 Å². The SMILES string of the molecule is CON=C(CCN1CCCC(c2ccccn2)C1)c1ccc(Cl)cc1. The summed E-state index contributed by atoms with van der Waals surface area (Å²) in [5, 5.41) is 4.95. The number of benzene rings is 1. The Morgan fingerprint density at radius 1 is 1.28 bits per heavy atom. The number of halogens is 1. The van der Waals surface area contributed by atoms with Crippen molar-refractivity contribution in [2.75, 3.05) is 26.7 Å². The van der Waals surface area contributed by atoms with Gasteiger partial charge in [0.1, 0.15) is 7.11 Å². The van der Waals surface area contributed by atoms with Gasteiger partial charge in [-0.15, -0.1) is 0 Å². The van der Waals surface area contributed by atoms with E-state index in [0.29, 0.717) is 5.92 Å². The minimum Gasteiger partial charge on any atom is -0.399 e. The summed E-state index contributed by atoms with van der Waals surface area (Å²) in [6, 6.07) is 14.0. The van der Waals surface area contributed by atoms with Crippen LogP contribution in [0.5, 0.6) is 0 Å². The van der Waals surface area contributed by atoms with Gasteiger partial charge in [-0.1, -0.05) is 35.0 Å². The Balaban J connectivity index is 1.61. The van der Waals surface area contributed by atoms with Crippen LogP contribution in [-0.2, 0) is 4.84 Å². The Bertz CT molecular complexity index is 688. The molecule has 132 valence electrons. The van der Waals surface area contributed by atoms with Crippen molar-refractivity contribution in [2.24, 2.45) is 5.16 Å². The zero-order valence-corrected chi connectivity index (χ0v) is 15.3. The van der Waals surface area contributed by atoms with Crippen molar-refractivity contribution in [1.82, 2.24) is 9.88 Å². The largest absolute Gasteiger partial charge is 0.399 e. The van der Waals surface area contributed by atoms with Crippen LogP contribution in [0.1, 0.15) is 36.4 Å². The van der Waals surface area contributed by atoms with Crippen molar-refractivity contribution in [3.05, 3.63) is 64.9 Å². The average molecular weight is 358 g/mol. The van der Waals surface area contributed by atoms with Crippen LogP contribution in [0.15, 0.2) is 53.8 Å². The second kappa shape index (κ2) is 8.97. The lowest BCUT2D eigenvalue weighted by atomic mass is 9.94. The van der Waals surface area contributed by atoms with Gasteiger partial charge in [-0.2, -0.15) is 0 Å². The zero-order valence-electron chi connectivity index (χ0n) is 14.6. The fourth-order valence-corrected chi connectivity index (χ4v) is 3.50. The molecule has 0 radical (unpaired) electrons. The van der Waals surface area contributed by atoms with E-state index >= 15 is 0 Å². The van der Waals surface area contributed by atoms with Crippen molar-refractivity contribution in [3.63, 3.8) is 0 Å². The number of aromatic nitrogens is 1. The highest BCUT2D eigenvalue weighted by molar-refractivity contribution is 6.30. The molecule has 1 aromatic heterocycles. The first kappa shape index (κ1) is 17.9. The first-order chi connectivity index (χ1) is 12.3. The maximum absolute atomic E-state index is 5.98. The average Bonchev–Trinajstić information content (AvgIpc) is 2.67. The first-order valence-electron chi connectivity index (χ1n) is 8.75. The molecule has 0 N–H and O–H groups in total. The Morgan fingerprint density at radius 3 is 2.84 bits per heavy atom. The van der Waals surface area contributed by atoms with Gasteiger partial charge in [0.2, 0.25) is 0 Å². The van der Waals surface area contributed by atoms with Crippen LogP contribution >= 0.6 is 11.6 Å². The van der Waals surface area contributed by atoms with Crippen molar-refractivity contribution < 1.29 is 4.84 Å². The summed E-state index contributed by atoms with van der Waals surface area (Å²) >= 11 is 5.98. The zero-order chi connectivity index (χ0) is 17.5. The van der Waals surface area contributed by atoms with E-state index in [-0.39, 0.29) is 0 Å². The maximum Gasteiger partial charge on any atom is 0.106 e. The molecule has 1 aliphatic rings. The minimum absolute atomic E-state index is 0.522. The minimum atomic E-state index is 0.522. The van der Waals surface area contributed by atoms with E-state index in [1.807, 2.05) is 36.5 Å². The summed E-state index contributed by atoms with van der Waals surface area (Å²) < 4.78 is 0. The lowest BCUT2D eigenvalue weighted by Crippen LogP contribution is -2.36. The second-order valence-corrected chi connectivity index (χ2v) is 6.81. The molecule has 3 rings (SSSR count). The number of hydrogen-bond acceptors (Lipinski definition) is 4. The molecule has 1 fully saturated rings. The summed E-state index contributed by atoms with van der Waals surface area (Å²) in [4.78, 5) is 12.1. The smallest absolute Gasteiger partial charge is 0.106 e. The molecule has 0 saturated carbocycles. The summed E-state index contributed by atoms with van der Waals surface area (Å²) in [5.74, 6) is 0.522. The molecule has 1 aliphatic heterocycles. The molecule has 25 heavy (non-hydrogen) atoms. The molecule has 2 heterocycles.